The molecule has 0 heterocycles. The molecule has 0 fully saturated rings. The van der Waals surface area contributed by atoms with E-state index >= 15 is 0 Å². The molecule has 0 radical (unpaired) electrons. The summed E-state index contributed by atoms with van der Waals surface area (Å²) in [5, 5.41) is 3.42. The topological polar surface area (TPSA) is 58.4 Å². The van der Waals surface area contributed by atoms with E-state index in [2.05, 4.69) is 21.2 Å². The molecule has 0 bridgehead atoms. The molecule has 4 nitrogen and oxygen atoms in total. The number of benzene rings is 2. The van der Waals surface area contributed by atoms with E-state index in [4.69, 9.17) is 17.3 Å². The van der Waals surface area contributed by atoms with Gasteiger partial charge in [-0.25, -0.2) is 0 Å². The first-order valence-electron chi connectivity index (χ1n) is 6.22. The smallest absolute Gasteiger partial charge is 0.257 e. The van der Waals surface area contributed by atoms with Crippen molar-refractivity contribution in [2.45, 2.75) is 0 Å². The van der Waals surface area contributed by atoms with Gasteiger partial charge in [-0.1, -0.05) is 33.6 Å². The summed E-state index contributed by atoms with van der Waals surface area (Å²) < 4.78 is 0.827. The van der Waals surface area contributed by atoms with Crippen LogP contribution in [-0.4, -0.2) is 20.0 Å². The van der Waals surface area contributed by atoms with Gasteiger partial charge < -0.3 is 16.0 Å². The van der Waals surface area contributed by atoms with Crippen molar-refractivity contribution in [3.63, 3.8) is 0 Å². The lowest BCUT2D eigenvalue weighted by molar-refractivity contribution is 0.102. The average molecular weight is 369 g/mol. The van der Waals surface area contributed by atoms with Crippen LogP contribution in [0.25, 0.3) is 0 Å². The van der Waals surface area contributed by atoms with Crippen molar-refractivity contribution in [3.8, 4) is 0 Å². The quantitative estimate of drug-likeness (QED) is 0.805. The van der Waals surface area contributed by atoms with Crippen LogP contribution in [0.1, 0.15) is 10.4 Å². The van der Waals surface area contributed by atoms with Crippen LogP contribution in [0.5, 0.6) is 0 Å². The Morgan fingerprint density at radius 1 is 1.29 bits per heavy atom. The van der Waals surface area contributed by atoms with Crippen LogP contribution in [0.15, 0.2) is 40.9 Å². The minimum atomic E-state index is -0.273. The van der Waals surface area contributed by atoms with Gasteiger partial charge in [0.1, 0.15) is 0 Å². The number of carbonyl (C=O) groups is 1. The Bertz CT molecular complexity index is 689. The second kappa shape index (κ2) is 6.37. The summed E-state index contributed by atoms with van der Waals surface area (Å²) >= 11 is 9.50. The summed E-state index contributed by atoms with van der Waals surface area (Å²) in [6.07, 6.45) is 0. The molecule has 0 unspecified atom stereocenters. The zero-order valence-electron chi connectivity index (χ0n) is 11.7. The van der Waals surface area contributed by atoms with E-state index < -0.39 is 0 Å². The maximum atomic E-state index is 12.4. The number of para-hydroxylation sites is 1. The number of amides is 1. The maximum absolute atomic E-state index is 12.4. The predicted molar refractivity (Wildman–Crippen MR) is 92.3 cm³/mol. The van der Waals surface area contributed by atoms with Crippen molar-refractivity contribution < 1.29 is 4.79 Å². The Hall–Kier alpha value is -1.72. The number of anilines is 3. The van der Waals surface area contributed by atoms with Gasteiger partial charge in [0.15, 0.2) is 0 Å². The first-order chi connectivity index (χ1) is 9.90. The van der Waals surface area contributed by atoms with Crippen LogP contribution in [0.4, 0.5) is 17.1 Å². The van der Waals surface area contributed by atoms with E-state index in [9.17, 15) is 4.79 Å². The standard InChI is InChI=1S/C15H15BrClN3O/c1-20(2)14-11(17)4-3-5-13(14)19-15(21)10-7-6-9(16)8-12(10)18/h3-8H,18H2,1-2H3,(H,19,21). The zero-order valence-corrected chi connectivity index (χ0v) is 14.0. The van der Waals surface area contributed by atoms with Gasteiger partial charge in [0.25, 0.3) is 5.91 Å². The fourth-order valence-corrected chi connectivity index (χ4v) is 2.72. The Morgan fingerprint density at radius 3 is 2.62 bits per heavy atom. The molecule has 0 aliphatic carbocycles. The number of rotatable bonds is 3. The van der Waals surface area contributed by atoms with Gasteiger partial charge in [-0.15, -0.1) is 0 Å². The van der Waals surface area contributed by atoms with Crippen molar-refractivity contribution >= 4 is 50.5 Å². The minimum absolute atomic E-state index is 0.273. The molecule has 0 atom stereocenters. The van der Waals surface area contributed by atoms with Crippen LogP contribution in [0, 0.1) is 0 Å². The van der Waals surface area contributed by atoms with Gasteiger partial charge in [-0.2, -0.15) is 0 Å². The number of carbonyl (C=O) groups excluding carboxylic acids is 1. The van der Waals surface area contributed by atoms with Gasteiger partial charge in [0, 0.05) is 24.3 Å². The van der Waals surface area contributed by atoms with Crippen molar-refractivity contribution in [2.75, 3.05) is 30.0 Å². The molecule has 1 amide bonds. The molecule has 2 rings (SSSR count). The van der Waals surface area contributed by atoms with Crippen LogP contribution in [-0.2, 0) is 0 Å². The third-order valence-electron chi connectivity index (χ3n) is 2.94. The summed E-state index contributed by atoms with van der Waals surface area (Å²) in [7, 11) is 3.73. The lowest BCUT2D eigenvalue weighted by Crippen LogP contribution is -2.18. The number of hydrogen-bond acceptors (Lipinski definition) is 3. The largest absolute Gasteiger partial charge is 0.398 e. The number of nitrogens with one attached hydrogen (secondary N) is 1. The third kappa shape index (κ3) is 3.49. The van der Waals surface area contributed by atoms with Crippen LogP contribution >= 0.6 is 27.5 Å². The highest BCUT2D eigenvalue weighted by molar-refractivity contribution is 9.10. The van der Waals surface area contributed by atoms with Crippen molar-refractivity contribution in [2.24, 2.45) is 0 Å². The number of hydrogen-bond donors (Lipinski definition) is 2. The SMILES string of the molecule is CN(C)c1c(Cl)cccc1NC(=O)c1ccc(Br)cc1N. The second-order valence-electron chi connectivity index (χ2n) is 4.72. The lowest BCUT2D eigenvalue weighted by Gasteiger charge is -2.19. The normalized spacial score (nSPS) is 10.3. The van der Waals surface area contributed by atoms with Gasteiger partial charge in [-0.05, 0) is 30.3 Å². The Kier molecular flexibility index (Phi) is 4.75. The van der Waals surface area contributed by atoms with E-state index in [1.807, 2.05) is 19.0 Å². The van der Waals surface area contributed by atoms with Gasteiger partial charge in [-0.3, -0.25) is 4.79 Å². The molecule has 0 aliphatic heterocycles. The van der Waals surface area contributed by atoms with Crippen LogP contribution in [0.2, 0.25) is 5.02 Å². The molecule has 2 aromatic rings. The molecule has 0 saturated carbocycles. The summed E-state index contributed by atoms with van der Waals surface area (Å²) in [6, 6.07) is 10.5. The highest BCUT2D eigenvalue weighted by Crippen LogP contribution is 2.33. The van der Waals surface area contributed by atoms with E-state index in [1.165, 1.54) is 0 Å². The lowest BCUT2D eigenvalue weighted by atomic mass is 10.1. The Labute approximate surface area is 137 Å². The van der Waals surface area contributed by atoms with Gasteiger partial charge in [0.2, 0.25) is 0 Å². The van der Waals surface area contributed by atoms with Gasteiger partial charge in [0.05, 0.1) is 22.0 Å². The molecule has 0 spiro atoms. The molecule has 6 heteroatoms. The Morgan fingerprint density at radius 2 is 2.00 bits per heavy atom. The molecule has 110 valence electrons. The molecule has 2 aromatic carbocycles. The van der Waals surface area contributed by atoms with Gasteiger partial charge >= 0.3 is 0 Å². The maximum Gasteiger partial charge on any atom is 0.257 e. The molecular weight excluding hydrogens is 354 g/mol. The first-order valence-corrected chi connectivity index (χ1v) is 7.39. The predicted octanol–water partition coefficient (Wildman–Crippen LogP) is 4.00. The second-order valence-corrected chi connectivity index (χ2v) is 6.04. The fourth-order valence-electron chi connectivity index (χ4n) is 2.00. The summed E-state index contributed by atoms with van der Waals surface area (Å²) in [4.78, 5) is 14.2. The van der Waals surface area contributed by atoms with E-state index in [0.29, 0.717) is 22.0 Å². The Balaban J connectivity index is 2.34. The molecule has 0 saturated heterocycles. The molecule has 0 aromatic heterocycles. The summed E-state index contributed by atoms with van der Waals surface area (Å²) in [5.41, 5.74) is 8.10. The fraction of sp³-hybridized carbons (Fsp3) is 0.133. The van der Waals surface area contributed by atoms with E-state index in [0.717, 1.165) is 10.2 Å². The third-order valence-corrected chi connectivity index (χ3v) is 3.74. The highest BCUT2D eigenvalue weighted by atomic mass is 79.9. The van der Waals surface area contributed by atoms with Crippen LogP contribution < -0.4 is 16.0 Å². The number of nitrogens with zero attached hydrogens (tertiary/aromatic N) is 1. The monoisotopic (exact) mass is 367 g/mol. The first kappa shape index (κ1) is 15.7. The number of nitrogen functional groups attached to an aromatic ring is 1. The minimum Gasteiger partial charge on any atom is -0.398 e. The zero-order chi connectivity index (χ0) is 15.6. The van der Waals surface area contributed by atoms with Crippen molar-refractivity contribution in [1.29, 1.82) is 0 Å². The average Bonchev–Trinajstić information content (AvgIpc) is 2.37. The number of nitrogens with two attached hydrogens (primary N) is 1. The number of halogens is 2. The molecular formula is C15H15BrClN3O. The summed E-state index contributed by atoms with van der Waals surface area (Å²) in [5.74, 6) is -0.273. The van der Waals surface area contributed by atoms with E-state index in [1.54, 1.807) is 36.4 Å². The van der Waals surface area contributed by atoms with Crippen molar-refractivity contribution in [1.82, 2.24) is 0 Å². The van der Waals surface area contributed by atoms with Crippen molar-refractivity contribution in [3.05, 3.63) is 51.5 Å². The highest BCUT2D eigenvalue weighted by Gasteiger charge is 2.14. The molecule has 3 N–H and O–H groups in total. The molecule has 0 aliphatic rings. The van der Waals surface area contributed by atoms with E-state index in [-0.39, 0.29) is 5.91 Å². The summed E-state index contributed by atoms with van der Waals surface area (Å²) in [6.45, 7) is 0. The van der Waals surface area contributed by atoms with Crippen LogP contribution in [0.3, 0.4) is 0 Å². The molecule has 21 heavy (non-hydrogen) atoms.